The normalized spacial score (nSPS) is 11.5. The Morgan fingerprint density at radius 3 is 2.42 bits per heavy atom. The minimum atomic E-state index is -0.175. The summed E-state index contributed by atoms with van der Waals surface area (Å²) < 4.78 is 16.8. The average Bonchev–Trinajstić information content (AvgIpc) is 2.62. The number of carbonyl (C=O) groups is 1. The minimum absolute atomic E-state index is 0.0247. The molecule has 0 radical (unpaired) electrons. The highest BCUT2D eigenvalue weighted by Crippen LogP contribution is 2.30. The van der Waals surface area contributed by atoms with Gasteiger partial charge in [0, 0.05) is 0 Å². The van der Waals surface area contributed by atoms with Crippen LogP contribution in [0.15, 0.2) is 42.5 Å². The van der Waals surface area contributed by atoms with Gasteiger partial charge in [-0.3, -0.25) is 4.79 Å². The van der Waals surface area contributed by atoms with Crippen molar-refractivity contribution in [1.82, 2.24) is 5.32 Å². The zero-order valence-corrected chi connectivity index (χ0v) is 15.9. The third-order valence-electron chi connectivity index (χ3n) is 3.80. The number of rotatable bonds is 9. The van der Waals surface area contributed by atoms with Crippen LogP contribution in [-0.4, -0.2) is 25.7 Å². The van der Waals surface area contributed by atoms with Gasteiger partial charge in [-0.2, -0.15) is 0 Å². The first-order chi connectivity index (χ1) is 12.5. The Hall–Kier alpha value is -2.69. The highest BCUT2D eigenvalue weighted by Gasteiger charge is 2.13. The molecule has 26 heavy (non-hydrogen) atoms. The van der Waals surface area contributed by atoms with Gasteiger partial charge in [0.15, 0.2) is 18.1 Å². The van der Waals surface area contributed by atoms with Crippen LogP contribution < -0.4 is 19.5 Å². The van der Waals surface area contributed by atoms with Crippen molar-refractivity contribution in [2.45, 2.75) is 33.7 Å². The minimum Gasteiger partial charge on any atom is -0.490 e. The summed E-state index contributed by atoms with van der Waals surface area (Å²) in [6.45, 7) is 8.86. The van der Waals surface area contributed by atoms with E-state index in [1.807, 2.05) is 70.2 Å². The molecular formula is C21H27NO4. The van der Waals surface area contributed by atoms with Crippen LogP contribution >= 0.6 is 0 Å². The number of hydrogen-bond donors (Lipinski definition) is 1. The lowest BCUT2D eigenvalue weighted by Gasteiger charge is -2.17. The lowest BCUT2D eigenvalue weighted by Crippen LogP contribution is -2.31. The largest absolute Gasteiger partial charge is 0.490 e. The Kier molecular flexibility index (Phi) is 7.33. The van der Waals surface area contributed by atoms with Crippen LogP contribution in [0.4, 0.5) is 0 Å². The van der Waals surface area contributed by atoms with Crippen LogP contribution in [0.3, 0.4) is 0 Å². The van der Waals surface area contributed by atoms with Gasteiger partial charge >= 0.3 is 0 Å². The van der Waals surface area contributed by atoms with E-state index in [0.717, 1.165) is 11.1 Å². The smallest absolute Gasteiger partial charge is 0.258 e. The van der Waals surface area contributed by atoms with Gasteiger partial charge in [0.2, 0.25) is 0 Å². The Morgan fingerprint density at radius 1 is 1.00 bits per heavy atom. The Labute approximate surface area is 155 Å². The molecular weight excluding hydrogens is 330 g/mol. The maximum absolute atomic E-state index is 12.2. The van der Waals surface area contributed by atoms with Crippen LogP contribution in [0.25, 0.3) is 0 Å². The van der Waals surface area contributed by atoms with Crippen LogP contribution in [0, 0.1) is 6.92 Å². The van der Waals surface area contributed by atoms with E-state index in [9.17, 15) is 4.79 Å². The second-order valence-electron chi connectivity index (χ2n) is 5.97. The predicted molar refractivity (Wildman–Crippen MR) is 102 cm³/mol. The highest BCUT2D eigenvalue weighted by atomic mass is 16.5. The lowest BCUT2D eigenvalue weighted by atomic mass is 10.1. The van der Waals surface area contributed by atoms with Crippen molar-refractivity contribution in [3.8, 4) is 17.2 Å². The van der Waals surface area contributed by atoms with Crippen LogP contribution in [0.5, 0.6) is 17.2 Å². The fraction of sp³-hybridized carbons (Fsp3) is 0.381. The van der Waals surface area contributed by atoms with E-state index in [0.29, 0.717) is 30.5 Å². The van der Waals surface area contributed by atoms with Gasteiger partial charge in [-0.15, -0.1) is 0 Å². The highest BCUT2D eigenvalue weighted by molar-refractivity contribution is 5.78. The molecule has 1 amide bonds. The number of amides is 1. The van der Waals surface area contributed by atoms with Gasteiger partial charge in [0.05, 0.1) is 19.3 Å². The molecule has 2 aromatic carbocycles. The van der Waals surface area contributed by atoms with Gasteiger partial charge in [0.1, 0.15) is 5.75 Å². The van der Waals surface area contributed by atoms with Gasteiger partial charge in [-0.25, -0.2) is 0 Å². The van der Waals surface area contributed by atoms with Crippen molar-refractivity contribution >= 4 is 5.91 Å². The Morgan fingerprint density at radius 2 is 1.73 bits per heavy atom. The van der Waals surface area contributed by atoms with Gasteiger partial charge in [-0.1, -0.05) is 18.2 Å². The van der Waals surface area contributed by atoms with Crippen molar-refractivity contribution < 1.29 is 19.0 Å². The molecule has 2 aromatic rings. The molecule has 0 aliphatic rings. The fourth-order valence-corrected chi connectivity index (χ4v) is 2.56. The monoisotopic (exact) mass is 357 g/mol. The second-order valence-corrected chi connectivity index (χ2v) is 5.97. The van der Waals surface area contributed by atoms with Gasteiger partial charge in [-0.05, 0) is 63.1 Å². The Bertz CT molecular complexity index is 730. The van der Waals surface area contributed by atoms with Crippen molar-refractivity contribution in [2.24, 2.45) is 0 Å². The number of nitrogens with one attached hydrogen (secondary N) is 1. The van der Waals surface area contributed by atoms with E-state index >= 15 is 0 Å². The molecule has 1 N–H and O–H groups in total. The SMILES string of the molecule is CCOc1ccc([C@@H](C)NC(=O)COc2cccc(C)c2)cc1OCC. The van der Waals surface area contributed by atoms with Crippen molar-refractivity contribution in [3.63, 3.8) is 0 Å². The maximum Gasteiger partial charge on any atom is 0.258 e. The van der Waals surface area contributed by atoms with E-state index in [-0.39, 0.29) is 18.6 Å². The fourth-order valence-electron chi connectivity index (χ4n) is 2.56. The lowest BCUT2D eigenvalue weighted by molar-refractivity contribution is -0.123. The molecule has 0 aliphatic carbocycles. The van der Waals surface area contributed by atoms with E-state index in [1.165, 1.54) is 0 Å². The first kappa shape index (κ1) is 19.6. The third-order valence-corrected chi connectivity index (χ3v) is 3.80. The zero-order valence-electron chi connectivity index (χ0n) is 15.9. The molecule has 0 saturated heterocycles. The third kappa shape index (κ3) is 5.69. The summed E-state index contributed by atoms with van der Waals surface area (Å²) >= 11 is 0. The van der Waals surface area contributed by atoms with Crippen LogP contribution in [-0.2, 0) is 4.79 Å². The molecule has 0 saturated carbocycles. The number of aryl methyl sites for hydroxylation is 1. The molecule has 0 aliphatic heterocycles. The summed E-state index contributed by atoms with van der Waals surface area (Å²) in [5.74, 6) is 1.90. The van der Waals surface area contributed by atoms with Crippen molar-refractivity contribution in [1.29, 1.82) is 0 Å². The molecule has 0 fully saturated rings. The standard InChI is InChI=1S/C21H27NO4/c1-5-24-19-11-10-17(13-20(19)25-6-2)16(4)22-21(23)14-26-18-9-7-8-15(3)12-18/h7-13,16H,5-6,14H2,1-4H3,(H,22,23)/t16-/m1/s1. The predicted octanol–water partition coefficient (Wildman–Crippen LogP) is 4.05. The molecule has 0 unspecified atom stereocenters. The van der Waals surface area contributed by atoms with Crippen molar-refractivity contribution in [2.75, 3.05) is 19.8 Å². The quantitative estimate of drug-likeness (QED) is 0.736. The second kappa shape index (κ2) is 9.70. The molecule has 5 heteroatoms. The molecule has 2 rings (SSSR count). The number of hydrogen-bond acceptors (Lipinski definition) is 4. The first-order valence-electron chi connectivity index (χ1n) is 8.91. The zero-order chi connectivity index (χ0) is 18.9. The summed E-state index contributed by atoms with van der Waals surface area (Å²) in [5, 5.41) is 2.94. The first-order valence-corrected chi connectivity index (χ1v) is 8.91. The Balaban J connectivity index is 1.96. The molecule has 0 aromatic heterocycles. The van der Waals surface area contributed by atoms with E-state index in [1.54, 1.807) is 0 Å². The number of ether oxygens (including phenoxy) is 3. The molecule has 1 atom stereocenters. The maximum atomic E-state index is 12.2. The molecule has 5 nitrogen and oxygen atoms in total. The molecule has 0 heterocycles. The van der Waals surface area contributed by atoms with E-state index < -0.39 is 0 Å². The summed E-state index contributed by atoms with van der Waals surface area (Å²) in [6, 6.07) is 13.2. The van der Waals surface area contributed by atoms with Crippen LogP contribution in [0.2, 0.25) is 0 Å². The molecule has 0 spiro atoms. The molecule has 0 bridgehead atoms. The topological polar surface area (TPSA) is 56.8 Å². The van der Waals surface area contributed by atoms with E-state index in [2.05, 4.69) is 5.32 Å². The van der Waals surface area contributed by atoms with Gasteiger partial charge < -0.3 is 19.5 Å². The summed E-state index contributed by atoms with van der Waals surface area (Å²) in [7, 11) is 0. The summed E-state index contributed by atoms with van der Waals surface area (Å²) in [6.07, 6.45) is 0. The molecule has 140 valence electrons. The summed E-state index contributed by atoms with van der Waals surface area (Å²) in [4.78, 5) is 12.2. The van der Waals surface area contributed by atoms with Gasteiger partial charge in [0.25, 0.3) is 5.91 Å². The number of carbonyl (C=O) groups excluding carboxylic acids is 1. The number of benzene rings is 2. The van der Waals surface area contributed by atoms with Crippen molar-refractivity contribution in [3.05, 3.63) is 53.6 Å². The van der Waals surface area contributed by atoms with E-state index in [4.69, 9.17) is 14.2 Å². The average molecular weight is 357 g/mol. The summed E-state index contributed by atoms with van der Waals surface area (Å²) in [5.41, 5.74) is 2.04. The van der Waals surface area contributed by atoms with Crippen LogP contribution in [0.1, 0.15) is 37.9 Å².